The minimum absolute atomic E-state index is 0.465. The molecule has 0 unspecified atom stereocenters. The van der Waals surface area contributed by atoms with Crippen LogP contribution in [0.3, 0.4) is 0 Å². The molecular formula is C13H19N. The molecule has 1 nitrogen and oxygen atoms in total. The Bertz CT molecular complexity index is 337. The summed E-state index contributed by atoms with van der Waals surface area (Å²) in [5.74, 6) is 0. The normalized spacial score (nSPS) is 18.2. The quantitative estimate of drug-likeness (QED) is 0.770. The van der Waals surface area contributed by atoms with Crippen molar-refractivity contribution in [2.45, 2.75) is 32.1 Å². The molecular weight excluding hydrogens is 170 g/mol. The topological polar surface area (TPSA) is 12.0 Å². The Balaban J connectivity index is 2.28. The van der Waals surface area contributed by atoms with Crippen molar-refractivity contribution in [1.29, 1.82) is 0 Å². The molecule has 2 rings (SSSR count). The smallest absolute Gasteiger partial charge is 0.00784 e. The van der Waals surface area contributed by atoms with E-state index in [1.54, 1.807) is 0 Å². The zero-order valence-corrected chi connectivity index (χ0v) is 9.35. The van der Waals surface area contributed by atoms with Gasteiger partial charge in [0.1, 0.15) is 0 Å². The minimum Gasteiger partial charge on any atom is -0.319 e. The summed E-state index contributed by atoms with van der Waals surface area (Å²) in [6.45, 7) is 5.50. The fourth-order valence-corrected chi connectivity index (χ4v) is 2.13. The van der Waals surface area contributed by atoms with Crippen LogP contribution in [-0.2, 0) is 5.41 Å². The minimum atomic E-state index is 0.465. The van der Waals surface area contributed by atoms with Crippen molar-refractivity contribution >= 4 is 0 Å². The Morgan fingerprint density at radius 2 is 1.93 bits per heavy atom. The van der Waals surface area contributed by atoms with E-state index < -0.39 is 0 Å². The van der Waals surface area contributed by atoms with E-state index in [9.17, 15) is 0 Å². The second kappa shape index (κ2) is 3.39. The number of aryl methyl sites for hydroxylation is 2. The predicted molar refractivity (Wildman–Crippen MR) is 60.8 cm³/mol. The molecule has 1 aromatic rings. The van der Waals surface area contributed by atoms with Gasteiger partial charge in [-0.1, -0.05) is 18.2 Å². The van der Waals surface area contributed by atoms with Crippen molar-refractivity contribution < 1.29 is 0 Å². The maximum Gasteiger partial charge on any atom is 0.00784 e. The molecule has 1 aliphatic rings. The summed E-state index contributed by atoms with van der Waals surface area (Å²) in [4.78, 5) is 0. The summed E-state index contributed by atoms with van der Waals surface area (Å²) in [6, 6.07) is 6.91. The SMILES string of the molecule is CNCC1(c2ccc(C)c(C)c2)CC1. The van der Waals surface area contributed by atoms with Crippen LogP contribution in [0.5, 0.6) is 0 Å². The summed E-state index contributed by atoms with van der Waals surface area (Å²) in [5, 5.41) is 3.30. The second-order valence-corrected chi connectivity index (χ2v) is 4.61. The third-order valence-electron chi connectivity index (χ3n) is 3.49. The number of benzene rings is 1. The molecule has 0 bridgehead atoms. The van der Waals surface area contributed by atoms with E-state index in [1.165, 1.54) is 29.5 Å². The third kappa shape index (κ3) is 1.57. The first-order valence-corrected chi connectivity index (χ1v) is 5.40. The van der Waals surface area contributed by atoms with Crippen LogP contribution in [0.1, 0.15) is 29.5 Å². The molecule has 1 N–H and O–H groups in total. The summed E-state index contributed by atoms with van der Waals surface area (Å²) < 4.78 is 0. The fourth-order valence-electron chi connectivity index (χ4n) is 2.13. The number of likely N-dealkylation sites (N-methyl/N-ethyl adjacent to an activating group) is 1. The lowest BCUT2D eigenvalue weighted by molar-refractivity contribution is 0.624. The van der Waals surface area contributed by atoms with Crippen molar-refractivity contribution in [1.82, 2.24) is 5.32 Å². The first-order chi connectivity index (χ1) is 6.68. The van der Waals surface area contributed by atoms with Gasteiger partial charge >= 0.3 is 0 Å². The van der Waals surface area contributed by atoms with Gasteiger partial charge in [-0.3, -0.25) is 0 Å². The molecule has 1 heteroatoms. The van der Waals surface area contributed by atoms with Crippen LogP contribution in [0.4, 0.5) is 0 Å². The maximum absolute atomic E-state index is 3.30. The molecule has 0 radical (unpaired) electrons. The van der Waals surface area contributed by atoms with Gasteiger partial charge in [-0.05, 0) is 50.4 Å². The molecule has 14 heavy (non-hydrogen) atoms. The molecule has 0 heterocycles. The summed E-state index contributed by atoms with van der Waals surface area (Å²) in [7, 11) is 2.04. The van der Waals surface area contributed by atoms with Gasteiger partial charge in [0.25, 0.3) is 0 Å². The number of hydrogen-bond acceptors (Lipinski definition) is 1. The molecule has 1 saturated carbocycles. The van der Waals surface area contributed by atoms with Gasteiger partial charge in [-0.25, -0.2) is 0 Å². The van der Waals surface area contributed by atoms with Gasteiger partial charge in [0.2, 0.25) is 0 Å². The van der Waals surface area contributed by atoms with Gasteiger partial charge in [0.15, 0.2) is 0 Å². The molecule has 1 fully saturated rings. The number of nitrogens with one attached hydrogen (secondary N) is 1. The van der Waals surface area contributed by atoms with E-state index in [0.29, 0.717) is 5.41 Å². The first-order valence-electron chi connectivity index (χ1n) is 5.40. The molecule has 76 valence electrons. The van der Waals surface area contributed by atoms with E-state index in [4.69, 9.17) is 0 Å². The van der Waals surface area contributed by atoms with Gasteiger partial charge in [-0.15, -0.1) is 0 Å². The Labute approximate surface area is 86.5 Å². The lowest BCUT2D eigenvalue weighted by atomic mass is 9.93. The largest absolute Gasteiger partial charge is 0.319 e. The average Bonchev–Trinajstić information content (AvgIpc) is 2.91. The highest BCUT2D eigenvalue weighted by Crippen LogP contribution is 2.47. The lowest BCUT2D eigenvalue weighted by Crippen LogP contribution is -2.23. The van der Waals surface area contributed by atoms with Gasteiger partial charge in [-0.2, -0.15) is 0 Å². The third-order valence-corrected chi connectivity index (χ3v) is 3.49. The van der Waals surface area contributed by atoms with Crippen LogP contribution in [0, 0.1) is 13.8 Å². The summed E-state index contributed by atoms with van der Waals surface area (Å²) in [6.07, 6.45) is 2.69. The zero-order valence-electron chi connectivity index (χ0n) is 9.35. The highest BCUT2D eigenvalue weighted by Gasteiger charge is 2.43. The van der Waals surface area contributed by atoms with Crippen molar-refractivity contribution in [2.24, 2.45) is 0 Å². The average molecular weight is 189 g/mol. The van der Waals surface area contributed by atoms with Gasteiger partial charge < -0.3 is 5.32 Å². The van der Waals surface area contributed by atoms with Gasteiger partial charge in [0, 0.05) is 12.0 Å². The van der Waals surface area contributed by atoms with E-state index in [-0.39, 0.29) is 0 Å². The standard InChI is InChI=1S/C13H19N/c1-10-4-5-12(8-11(10)2)13(6-7-13)9-14-3/h4-5,8,14H,6-7,9H2,1-3H3. The number of hydrogen-bond donors (Lipinski definition) is 1. The Morgan fingerprint density at radius 1 is 1.21 bits per heavy atom. The molecule has 1 aliphatic carbocycles. The molecule has 0 saturated heterocycles. The van der Waals surface area contributed by atoms with Crippen LogP contribution in [-0.4, -0.2) is 13.6 Å². The van der Waals surface area contributed by atoms with Crippen LogP contribution < -0.4 is 5.32 Å². The van der Waals surface area contributed by atoms with Crippen LogP contribution >= 0.6 is 0 Å². The van der Waals surface area contributed by atoms with Crippen molar-refractivity contribution in [2.75, 3.05) is 13.6 Å². The monoisotopic (exact) mass is 189 g/mol. The summed E-state index contributed by atoms with van der Waals surface area (Å²) in [5.41, 5.74) is 4.81. The van der Waals surface area contributed by atoms with Crippen molar-refractivity contribution in [3.8, 4) is 0 Å². The lowest BCUT2D eigenvalue weighted by Gasteiger charge is -2.16. The van der Waals surface area contributed by atoms with Crippen LogP contribution in [0.2, 0.25) is 0 Å². The van der Waals surface area contributed by atoms with Gasteiger partial charge in [0.05, 0.1) is 0 Å². The molecule has 0 spiro atoms. The second-order valence-electron chi connectivity index (χ2n) is 4.61. The number of rotatable bonds is 3. The highest BCUT2D eigenvalue weighted by atomic mass is 14.8. The van der Waals surface area contributed by atoms with E-state index in [2.05, 4.69) is 37.4 Å². The predicted octanol–water partition coefficient (Wildman–Crippen LogP) is 2.55. The Morgan fingerprint density at radius 3 is 2.43 bits per heavy atom. The first kappa shape index (κ1) is 9.72. The van der Waals surface area contributed by atoms with Crippen LogP contribution in [0.15, 0.2) is 18.2 Å². The maximum atomic E-state index is 3.30. The molecule has 1 aromatic carbocycles. The molecule has 0 amide bonds. The highest BCUT2D eigenvalue weighted by molar-refractivity contribution is 5.38. The van der Waals surface area contributed by atoms with Crippen molar-refractivity contribution in [3.63, 3.8) is 0 Å². The summed E-state index contributed by atoms with van der Waals surface area (Å²) >= 11 is 0. The Kier molecular flexibility index (Phi) is 2.36. The van der Waals surface area contributed by atoms with E-state index >= 15 is 0 Å². The molecule has 0 aliphatic heterocycles. The van der Waals surface area contributed by atoms with E-state index in [0.717, 1.165) is 6.54 Å². The van der Waals surface area contributed by atoms with Crippen LogP contribution in [0.25, 0.3) is 0 Å². The van der Waals surface area contributed by atoms with E-state index in [1.807, 2.05) is 7.05 Å². The zero-order chi connectivity index (χ0) is 10.2. The fraction of sp³-hybridized carbons (Fsp3) is 0.538. The Hall–Kier alpha value is -0.820. The van der Waals surface area contributed by atoms with Crippen molar-refractivity contribution in [3.05, 3.63) is 34.9 Å². The molecule has 0 aromatic heterocycles. The molecule has 0 atom stereocenters.